The second-order valence-corrected chi connectivity index (χ2v) is 7.35. The van der Waals surface area contributed by atoms with E-state index in [9.17, 15) is 19.2 Å². The number of alkyl carbamates (subject to hydrolysis) is 1. The molecule has 0 bridgehead atoms. The van der Waals surface area contributed by atoms with Crippen molar-refractivity contribution in [2.75, 3.05) is 20.2 Å². The lowest BCUT2D eigenvalue weighted by molar-refractivity contribution is -0.137. The molecule has 2 aromatic carbocycles. The molecule has 4 N–H and O–H groups in total. The molecule has 1 aliphatic rings. The first-order chi connectivity index (χ1) is 15.4. The summed E-state index contributed by atoms with van der Waals surface area (Å²) in [6.45, 7) is -0.226. The van der Waals surface area contributed by atoms with E-state index in [1.165, 1.54) is 7.05 Å². The number of carboxylic acid groups (broad SMARTS) is 1. The Morgan fingerprint density at radius 3 is 2.16 bits per heavy atom. The predicted molar refractivity (Wildman–Crippen MR) is 116 cm³/mol. The van der Waals surface area contributed by atoms with Gasteiger partial charge in [0.05, 0.1) is 6.54 Å². The Kier molecular flexibility index (Phi) is 7.43. The third kappa shape index (κ3) is 5.42. The molecule has 0 saturated carbocycles. The molecule has 2 aromatic rings. The number of hydrogen-bond acceptors (Lipinski definition) is 5. The molecular weight excluding hydrogens is 414 g/mol. The molecule has 3 rings (SSSR count). The van der Waals surface area contributed by atoms with E-state index in [1.54, 1.807) is 0 Å². The van der Waals surface area contributed by atoms with Crippen LogP contribution in [0.1, 0.15) is 29.9 Å². The quantitative estimate of drug-likeness (QED) is 0.469. The van der Waals surface area contributed by atoms with Crippen LogP contribution in [0.2, 0.25) is 0 Å². The summed E-state index contributed by atoms with van der Waals surface area (Å²) in [4.78, 5) is 47.0. The van der Waals surface area contributed by atoms with E-state index >= 15 is 0 Å². The van der Waals surface area contributed by atoms with Crippen molar-refractivity contribution in [1.82, 2.24) is 16.0 Å². The van der Waals surface area contributed by atoms with Gasteiger partial charge in [0.2, 0.25) is 11.8 Å². The number of hydrogen-bond donors (Lipinski definition) is 4. The largest absolute Gasteiger partial charge is 0.481 e. The molecule has 0 fully saturated rings. The number of rotatable bonds is 9. The summed E-state index contributed by atoms with van der Waals surface area (Å²) in [5.41, 5.74) is 4.27. The first-order valence-electron chi connectivity index (χ1n) is 10.2. The first-order valence-corrected chi connectivity index (χ1v) is 10.2. The maximum Gasteiger partial charge on any atom is 0.407 e. The van der Waals surface area contributed by atoms with Crippen molar-refractivity contribution < 1.29 is 29.0 Å². The standard InChI is InChI=1S/C23H25N3O6/c1-24-20(27)12-25-22(30)19(10-11-21(28)29)26-23(31)32-13-18-16-8-4-2-6-14(16)15-7-3-5-9-17(15)18/h2-9,18-19H,10-13H2,1H3,(H,24,27)(H,25,30)(H,26,31)(H,28,29). The monoisotopic (exact) mass is 439 g/mol. The molecule has 0 spiro atoms. The second-order valence-electron chi connectivity index (χ2n) is 7.35. The topological polar surface area (TPSA) is 134 Å². The van der Waals surface area contributed by atoms with Crippen LogP contribution in [0.4, 0.5) is 4.79 Å². The van der Waals surface area contributed by atoms with E-state index in [2.05, 4.69) is 16.0 Å². The first kappa shape index (κ1) is 22.8. The summed E-state index contributed by atoms with van der Waals surface area (Å²) in [5.74, 6) is -2.34. The van der Waals surface area contributed by atoms with Crippen molar-refractivity contribution in [3.8, 4) is 11.1 Å². The van der Waals surface area contributed by atoms with Crippen molar-refractivity contribution in [3.05, 3.63) is 59.7 Å². The third-order valence-corrected chi connectivity index (χ3v) is 5.30. The zero-order valence-corrected chi connectivity index (χ0v) is 17.6. The molecule has 9 heteroatoms. The van der Waals surface area contributed by atoms with E-state index in [4.69, 9.17) is 9.84 Å². The predicted octanol–water partition coefficient (Wildman–Crippen LogP) is 1.62. The van der Waals surface area contributed by atoms with Crippen molar-refractivity contribution >= 4 is 23.9 Å². The number of fused-ring (bicyclic) bond motifs is 3. The van der Waals surface area contributed by atoms with E-state index in [-0.39, 0.29) is 31.9 Å². The molecule has 0 saturated heterocycles. The van der Waals surface area contributed by atoms with Crippen LogP contribution in [0, 0.1) is 0 Å². The number of aliphatic carboxylic acids is 1. The maximum atomic E-state index is 12.4. The highest BCUT2D eigenvalue weighted by Crippen LogP contribution is 2.44. The Bertz CT molecular complexity index is 977. The van der Waals surface area contributed by atoms with Gasteiger partial charge in [0.1, 0.15) is 12.6 Å². The van der Waals surface area contributed by atoms with Crippen LogP contribution in [0.3, 0.4) is 0 Å². The van der Waals surface area contributed by atoms with Crippen LogP contribution in [-0.4, -0.2) is 55.2 Å². The fourth-order valence-electron chi connectivity index (χ4n) is 3.70. The van der Waals surface area contributed by atoms with Crippen LogP contribution in [0.5, 0.6) is 0 Å². The van der Waals surface area contributed by atoms with Crippen molar-refractivity contribution in [2.45, 2.75) is 24.8 Å². The van der Waals surface area contributed by atoms with Crippen LogP contribution >= 0.6 is 0 Å². The molecule has 168 valence electrons. The Morgan fingerprint density at radius 2 is 1.59 bits per heavy atom. The highest BCUT2D eigenvalue weighted by atomic mass is 16.5. The van der Waals surface area contributed by atoms with Gasteiger partial charge in [-0.2, -0.15) is 0 Å². The Morgan fingerprint density at radius 1 is 1.00 bits per heavy atom. The minimum absolute atomic E-state index is 0.0609. The zero-order valence-electron chi connectivity index (χ0n) is 17.6. The van der Waals surface area contributed by atoms with Gasteiger partial charge in [-0.15, -0.1) is 0 Å². The Balaban J connectivity index is 1.64. The molecule has 1 unspecified atom stereocenters. The number of benzene rings is 2. The summed E-state index contributed by atoms with van der Waals surface area (Å²) >= 11 is 0. The summed E-state index contributed by atoms with van der Waals surface area (Å²) in [5, 5.41) is 16.1. The van der Waals surface area contributed by atoms with Crippen molar-refractivity contribution in [2.24, 2.45) is 0 Å². The fourth-order valence-corrected chi connectivity index (χ4v) is 3.70. The minimum Gasteiger partial charge on any atom is -0.481 e. The lowest BCUT2D eigenvalue weighted by Crippen LogP contribution is -2.49. The van der Waals surface area contributed by atoms with Gasteiger partial charge in [-0.3, -0.25) is 14.4 Å². The number of amides is 3. The van der Waals surface area contributed by atoms with Crippen molar-refractivity contribution in [3.63, 3.8) is 0 Å². The summed E-state index contributed by atoms with van der Waals surface area (Å²) in [7, 11) is 1.42. The van der Waals surface area contributed by atoms with Gasteiger partial charge in [0, 0.05) is 19.4 Å². The van der Waals surface area contributed by atoms with E-state index in [0.717, 1.165) is 22.3 Å². The molecule has 1 atom stereocenters. The second kappa shape index (κ2) is 10.4. The third-order valence-electron chi connectivity index (χ3n) is 5.30. The smallest absolute Gasteiger partial charge is 0.407 e. The summed E-state index contributed by atoms with van der Waals surface area (Å²) in [6, 6.07) is 14.6. The van der Waals surface area contributed by atoms with E-state index in [0.29, 0.717) is 0 Å². The van der Waals surface area contributed by atoms with Gasteiger partial charge in [-0.25, -0.2) is 4.79 Å². The van der Waals surface area contributed by atoms with Crippen LogP contribution < -0.4 is 16.0 Å². The maximum absolute atomic E-state index is 12.4. The molecule has 32 heavy (non-hydrogen) atoms. The highest BCUT2D eigenvalue weighted by Gasteiger charge is 2.30. The SMILES string of the molecule is CNC(=O)CNC(=O)C(CCC(=O)O)NC(=O)OCC1c2ccccc2-c2ccccc21. The van der Waals surface area contributed by atoms with E-state index < -0.39 is 29.9 Å². The fraction of sp³-hybridized carbons (Fsp3) is 0.304. The number of carboxylic acids is 1. The highest BCUT2D eigenvalue weighted by molar-refractivity contribution is 5.89. The molecule has 0 aliphatic heterocycles. The number of likely N-dealkylation sites (N-methyl/N-ethyl adjacent to an activating group) is 1. The molecule has 9 nitrogen and oxygen atoms in total. The van der Waals surface area contributed by atoms with Crippen molar-refractivity contribution in [1.29, 1.82) is 0 Å². The van der Waals surface area contributed by atoms with Crippen LogP contribution in [-0.2, 0) is 19.1 Å². The molecule has 1 aliphatic carbocycles. The van der Waals surface area contributed by atoms with E-state index in [1.807, 2.05) is 48.5 Å². The zero-order chi connectivity index (χ0) is 23.1. The normalized spacial score (nSPS) is 12.8. The van der Waals surface area contributed by atoms with Gasteiger partial charge >= 0.3 is 12.1 Å². The Hall–Kier alpha value is -3.88. The number of carbonyl (C=O) groups is 4. The van der Waals surface area contributed by atoms with Crippen LogP contribution in [0.15, 0.2) is 48.5 Å². The summed E-state index contributed by atoms with van der Waals surface area (Å²) in [6.07, 6.45) is -1.31. The van der Waals surface area contributed by atoms with Gasteiger partial charge in [0.25, 0.3) is 0 Å². The summed E-state index contributed by atoms with van der Waals surface area (Å²) < 4.78 is 5.42. The molecule has 0 radical (unpaired) electrons. The number of ether oxygens (including phenoxy) is 1. The molecular formula is C23H25N3O6. The van der Waals surface area contributed by atoms with Gasteiger partial charge in [-0.05, 0) is 28.7 Å². The minimum atomic E-state index is -1.15. The molecule has 0 heterocycles. The lowest BCUT2D eigenvalue weighted by Gasteiger charge is -2.19. The average molecular weight is 439 g/mol. The van der Waals surface area contributed by atoms with Gasteiger partial charge < -0.3 is 25.8 Å². The molecule has 3 amide bonds. The number of carbonyl (C=O) groups excluding carboxylic acids is 3. The lowest BCUT2D eigenvalue weighted by atomic mass is 9.98. The Labute approximate surface area is 185 Å². The average Bonchev–Trinajstić information content (AvgIpc) is 3.12. The molecule has 0 aromatic heterocycles. The van der Waals surface area contributed by atoms with Gasteiger partial charge in [-0.1, -0.05) is 48.5 Å². The van der Waals surface area contributed by atoms with Gasteiger partial charge in [0.15, 0.2) is 0 Å². The number of nitrogens with one attached hydrogen (secondary N) is 3. The van der Waals surface area contributed by atoms with Crippen LogP contribution in [0.25, 0.3) is 11.1 Å².